The van der Waals surface area contributed by atoms with Crippen molar-refractivity contribution in [3.63, 3.8) is 0 Å². The molecule has 0 amide bonds. The number of aromatic hydroxyl groups is 2. The average Bonchev–Trinajstić information content (AvgIpc) is 2.53. The molecule has 4 rings (SSSR count). The van der Waals surface area contributed by atoms with E-state index in [1.165, 1.54) is 11.1 Å². The fourth-order valence-corrected chi connectivity index (χ4v) is 3.79. The molecule has 2 aliphatic heterocycles. The van der Waals surface area contributed by atoms with E-state index >= 15 is 0 Å². The van der Waals surface area contributed by atoms with Gasteiger partial charge in [0, 0.05) is 25.6 Å². The fraction of sp³-hybridized carbons (Fsp3) is 0.333. The Balaban J connectivity index is 1.89. The summed E-state index contributed by atoms with van der Waals surface area (Å²) in [6.45, 7) is 2.49. The lowest BCUT2D eigenvalue weighted by atomic mass is 9.79. The van der Waals surface area contributed by atoms with Gasteiger partial charge in [0.1, 0.15) is 0 Å². The Labute approximate surface area is 134 Å². The number of ether oxygens (including phenoxy) is 2. The van der Waals surface area contributed by atoms with Crippen LogP contribution in [0.5, 0.6) is 23.0 Å². The van der Waals surface area contributed by atoms with Gasteiger partial charge in [-0.15, -0.1) is 0 Å². The highest BCUT2D eigenvalue weighted by atomic mass is 16.5. The van der Waals surface area contributed by atoms with Gasteiger partial charge in [-0.3, -0.25) is 4.90 Å². The maximum Gasteiger partial charge on any atom is 0.160 e. The van der Waals surface area contributed by atoms with Crippen molar-refractivity contribution in [1.82, 2.24) is 4.90 Å². The van der Waals surface area contributed by atoms with Crippen LogP contribution >= 0.6 is 0 Å². The number of methoxy groups -OCH3 is 2. The van der Waals surface area contributed by atoms with Gasteiger partial charge in [0.25, 0.3) is 0 Å². The molecule has 0 aliphatic carbocycles. The monoisotopic (exact) mass is 313 g/mol. The Morgan fingerprint density at radius 1 is 0.870 bits per heavy atom. The second-order valence-corrected chi connectivity index (χ2v) is 6.17. The molecule has 120 valence electrons. The minimum Gasteiger partial charge on any atom is -0.504 e. The van der Waals surface area contributed by atoms with Gasteiger partial charge in [-0.2, -0.15) is 0 Å². The average molecular weight is 313 g/mol. The third-order valence-electron chi connectivity index (χ3n) is 4.86. The fourth-order valence-electron chi connectivity index (χ4n) is 3.79. The lowest BCUT2D eigenvalue weighted by Crippen LogP contribution is -2.38. The molecule has 0 unspecified atom stereocenters. The van der Waals surface area contributed by atoms with E-state index in [0.29, 0.717) is 11.5 Å². The Kier molecular flexibility index (Phi) is 3.13. The maximum atomic E-state index is 10.0. The van der Waals surface area contributed by atoms with Gasteiger partial charge < -0.3 is 19.7 Å². The van der Waals surface area contributed by atoms with Crippen molar-refractivity contribution >= 4 is 0 Å². The molecule has 23 heavy (non-hydrogen) atoms. The molecular weight excluding hydrogens is 294 g/mol. The van der Waals surface area contributed by atoms with Crippen LogP contribution in [0.3, 0.4) is 0 Å². The minimum atomic E-state index is 0.177. The predicted octanol–water partition coefficient (Wildman–Crippen LogP) is 2.58. The Bertz CT molecular complexity index is 724. The van der Waals surface area contributed by atoms with Crippen molar-refractivity contribution in [3.8, 4) is 23.0 Å². The summed E-state index contributed by atoms with van der Waals surface area (Å²) in [5.74, 6) is 1.53. The SMILES string of the molecule is COc1cc2c(cc1O)CN1Cc3cc(O)c(OC)cc3C2C1. The number of phenolic OH excluding ortho intramolecular Hbond substituents is 2. The highest BCUT2D eigenvalue weighted by Crippen LogP contribution is 2.45. The second-order valence-electron chi connectivity index (χ2n) is 6.17. The normalized spacial score (nSPS) is 21.3. The van der Waals surface area contributed by atoms with Gasteiger partial charge in [-0.1, -0.05) is 0 Å². The van der Waals surface area contributed by atoms with Crippen molar-refractivity contribution < 1.29 is 19.7 Å². The van der Waals surface area contributed by atoms with Crippen LogP contribution in [0.4, 0.5) is 0 Å². The van der Waals surface area contributed by atoms with Crippen LogP contribution in [0.2, 0.25) is 0 Å². The van der Waals surface area contributed by atoms with E-state index in [1.54, 1.807) is 26.4 Å². The molecule has 5 nitrogen and oxygen atoms in total. The van der Waals surface area contributed by atoms with Crippen LogP contribution in [0.25, 0.3) is 0 Å². The molecule has 2 aromatic carbocycles. The summed E-state index contributed by atoms with van der Waals surface area (Å²) < 4.78 is 10.5. The number of benzene rings is 2. The predicted molar refractivity (Wildman–Crippen MR) is 85.3 cm³/mol. The number of fused-ring (bicyclic) bond motifs is 6. The van der Waals surface area contributed by atoms with Gasteiger partial charge in [0.2, 0.25) is 0 Å². The Hall–Kier alpha value is -2.40. The minimum absolute atomic E-state index is 0.177. The molecule has 0 fully saturated rings. The van der Waals surface area contributed by atoms with Gasteiger partial charge >= 0.3 is 0 Å². The quantitative estimate of drug-likeness (QED) is 0.892. The molecule has 0 saturated carbocycles. The van der Waals surface area contributed by atoms with Crippen LogP contribution in [0.1, 0.15) is 28.2 Å². The van der Waals surface area contributed by atoms with E-state index in [0.717, 1.165) is 30.8 Å². The zero-order valence-electron chi connectivity index (χ0n) is 13.2. The molecule has 0 aromatic heterocycles. The summed E-state index contributed by atoms with van der Waals surface area (Å²) in [4.78, 5) is 2.33. The van der Waals surface area contributed by atoms with Crippen molar-refractivity contribution in [2.45, 2.75) is 19.0 Å². The van der Waals surface area contributed by atoms with E-state index in [4.69, 9.17) is 9.47 Å². The van der Waals surface area contributed by atoms with E-state index in [-0.39, 0.29) is 17.4 Å². The molecule has 2 bridgehead atoms. The molecule has 0 saturated heterocycles. The number of hydrogen-bond acceptors (Lipinski definition) is 5. The first kappa shape index (κ1) is 14.2. The summed E-state index contributed by atoms with van der Waals surface area (Å²) in [5.41, 5.74) is 4.59. The molecule has 5 heteroatoms. The molecule has 0 spiro atoms. The summed E-state index contributed by atoms with van der Waals surface area (Å²) >= 11 is 0. The molecule has 2 aliphatic rings. The Morgan fingerprint density at radius 2 is 1.35 bits per heavy atom. The standard InChI is InChI=1S/C18H19NO4/c1-22-17-5-12-10(3-15(17)20)7-19-8-11-4-16(21)18(23-2)6-13(11)14(12)9-19/h3-6,14,20-21H,7-9H2,1-2H3. The lowest BCUT2D eigenvalue weighted by molar-refractivity contribution is 0.213. The smallest absolute Gasteiger partial charge is 0.160 e. The first-order valence-electron chi connectivity index (χ1n) is 7.62. The largest absolute Gasteiger partial charge is 0.504 e. The second kappa shape index (κ2) is 5.06. The topological polar surface area (TPSA) is 62.2 Å². The number of rotatable bonds is 2. The van der Waals surface area contributed by atoms with Crippen LogP contribution in [0.15, 0.2) is 24.3 Å². The summed E-state index contributed by atoms with van der Waals surface area (Å²) in [5, 5.41) is 20.1. The van der Waals surface area contributed by atoms with Gasteiger partial charge in [0.15, 0.2) is 23.0 Å². The lowest BCUT2D eigenvalue weighted by Gasteiger charge is -2.40. The third-order valence-corrected chi connectivity index (χ3v) is 4.86. The van der Waals surface area contributed by atoms with Crippen LogP contribution in [0, 0.1) is 0 Å². The number of hydrogen-bond donors (Lipinski definition) is 2. The van der Waals surface area contributed by atoms with Crippen molar-refractivity contribution in [2.75, 3.05) is 20.8 Å². The van der Waals surface area contributed by atoms with Gasteiger partial charge in [-0.05, 0) is 46.5 Å². The summed E-state index contributed by atoms with van der Waals surface area (Å²) in [6.07, 6.45) is 0. The first-order valence-corrected chi connectivity index (χ1v) is 7.62. The zero-order valence-corrected chi connectivity index (χ0v) is 13.2. The van der Waals surface area contributed by atoms with Crippen LogP contribution in [-0.4, -0.2) is 35.9 Å². The van der Waals surface area contributed by atoms with Crippen LogP contribution < -0.4 is 9.47 Å². The molecule has 2 aromatic rings. The molecular formula is C18H19NO4. The van der Waals surface area contributed by atoms with Gasteiger partial charge in [0.05, 0.1) is 14.2 Å². The van der Waals surface area contributed by atoms with E-state index in [2.05, 4.69) is 4.90 Å². The zero-order chi connectivity index (χ0) is 16.1. The molecule has 0 radical (unpaired) electrons. The highest BCUT2D eigenvalue weighted by Gasteiger charge is 2.34. The Morgan fingerprint density at radius 3 is 1.78 bits per heavy atom. The van der Waals surface area contributed by atoms with E-state index in [1.807, 2.05) is 12.1 Å². The summed E-state index contributed by atoms with van der Waals surface area (Å²) in [7, 11) is 3.12. The van der Waals surface area contributed by atoms with Gasteiger partial charge in [-0.25, -0.2) is 0 Å². The van der Waals surface area contributed by atoms with Crippen molar-refractivity contribution in [2.24, 2.45) is 0 Å². The maximum absolute atomic E-state index is 10.0. The molecule has 0 atom stereocenters. The number of phenols is 2. The van der Waals surface area contributed by atoms with Crippen LogP contribution in [-0.2, 0) is 13.1 Å². The summed E-state index contributed by atoms with van der Waals surface area (Å²) in [6, 6.07) is 7.47. The van der Waals surface area contributed by atoms with E-state index in [9.17, 15) is 10.2 Å². The first-order chi connectivity index (χ1) is 11.1. The molecule has 2 N–H and O–H groups in total. The van der Waals surface area contributed by atoms with E-state index < -0.39 is 0 Å². The van der Waals surface area contributed by atoms with Crippen molar-refractivity contribution in [1.29, 1.82) is 0 Å². The highest BCUT2D eigenvalue weighted by molar-refractivity contribution is 5.56. The molecule has 2 heterocycles. The number of nitrogens with zero attached hydrogens (tertiary/aromatic N) is 1. The van der Waals surface area contributed by atoms with Crippen molar-refractivity contribution in [3.05, 3.63) is 46.5 Å². The third kappa shape index (κ3) is 2.11.